The molecule has 0 spiro atoms. The molecule has 0 saturated carbocycles. The van der Waals surface area contributed by atoms with Crippen LogP contribution in [0.5, 0.6) is 11.5 Å². The molecule has 0 amide bonds. The number of hydrogen-bond acceptors (Lipinski definition) is 5. The largest absolute Gasteiger partial charge is 0.493 e. The minimum atomic E-state index is 0.633. The van der Waals surface area contributed by atoms with Crippen molar-refractivity contribution in [2.45, 2.75) is 13.5 Å². The second kappa shape index (κ2) is 6.44. The van der Waals surface area contributed by atoms with Gasteiger partial charge in [-0.1, -0.05) is 0 Å². The monoisotopic (exact) mass is 239 g/mol. The Morgan fingerprint density at radius 3 is 2.35 bits per heavy atom. The molecule has 0 atom stereocenters. The van der Waals surface area contributed by atoms with Crippen molar-refractivity contribution in [2.24, 2.45) is 5.84 Å². The lowest BCUT2D eigenvalue weighted by Gasteiger charge is -2.19. The van der Waals surface area contributed by atoms with Gasteiger partial charge < -0.3 is 9.47 Å². The molecule has 1 aromatic rings. The fraction of sp³-hybridized carbons (Fsp3) is 0.500. The van der Waals surface area contributed by atoms with Crippen LogP contribution < -0.4 is 20.7 Å². The zero-order chi connectivity index (χ0) is 12.8. The number of ether oxygens (including phenoxy) is 2. The van der Waals surface area contributed by atoms with Crippen LogP contribution in [0, 0.1) is 6.92 Å². The summed E-state index contributed by atoms with van der Waals surface area (Å²) in [7, 11) is 5.28. The van der Waals surface area contributed by atoms with Gasteiger partial charge in [-0.25, -0.2) is 5.43 Å². The smallest absolute Gasteiger partial charge is 0.161 e. The quantitative estimate of drug-likeness (QED) is 0.438. The predicted molar refractivity (Wildman–Crippen MR) is 67.9 cm³/mol. The van der Waals surface area contributed by atoms with Crippen LogP contribution >= 0.6 is 0 Å². The van der Waals surface area contributed by atoms with E-state index in [2.05, 4.69) is 17.2 Å². The van der Waals surface area contributed by atoms with Gasteiger partial charge in [0.25, 0.3) is 0 Å². The van der Waals surface area contributed by atoms with Crippen LogP contribution in [0.15, 0.2) is 12.1 Å². The molecule has 1 rings (SSSR count). The van der Waals surface area contributed by atoms with Crippen molar-refractivity contribution in [2.75, 3.05) is 27.9 Å². The third kappa shape index (κ3) is 3.59. The highest BCUT2D eigenvalue weighted by Gasteiger charge is 2.09. The van der Waals surface area contributed by atoms with Gasteiger partial charge in [-0.2, -0.15) is 0 Å². The first-order chi connectivity index (χ1) is 8.12. The molecule has 17 heavy (non-hydrogen) atoms. The number of rotatable bonds is 6. The van der Waals surface area contributed by atoms with E-state index in [1.165, 1.54) is 11.1 Å². The average molecular weight is 239 g/mol. The molecule has 0 heterocycles. The van der Waals surface area contributed by atoms with Crippen molar-refractivity contribution in [1.82, 2.24) is 10.3 Å². The maximum absolute atomic E-state index is 5.29. The van der Waals surface area contributed by atoms with E-state index in [1.54, 1.807) is 14.2 Å². The molecule has 96 valence electrons. The minimum absolute atomic E-state index is 0.633. The summed E-state index contributed by atoms with van der Waals surface area (Å²) in [6.45, 7) is 3.49. The Hall–Kier alpha value is -1.30. The molecular weight excluding hydrogens is 218 g/mol. The summed E-state index contributed by atoms with van der Waals surface area (Å²) in [6.07, 6.45) is 0. The van der Waals surface area contributed by atoms with Gasteiger partial charge in [-0.3, -0.25) is 10.7 Å². The summed E-state index contributed by atoms with van der Waals surface area (Å²) >= 11 is 0. The second-order valence-electron chi connectivity index (χ2n) is 4.01. The standard InChI is InChI=1S/C12H21N3O2/c1-9-5-11(16-3)12(17-4)6-10(9)7-15(2)8-14-13/h5-6,14H,7-8,13H2,1-4H3. The van der Waals surface area contributed by atoms with E-state index in [0.29, 0.717) is 6.67 Å². The molecule has 0 aliphatic carbocycles. The first kappa shape index (κ1) is 13.8. The van der Waals surface area contributed by atoms with Gasteiger partial charge >= 0.3 is 0 Å². The summed E-state index contributed by atoms with van der Waals surface area (Å²) in [6, 6.07) is 3.99. The number of nitrogens with one attached hydrogen (secondary N) is 1. The van der Waals surface area contributed by atoms with Crippen molar-refractivity contribution in [3.05, 3.63) is 23.3 Å². The Balaban J connectivity index is 2.92. The number of methoxy groups -OCH3 is 2. The molecule has 3 N–H and O–H groups in total. The summed E-state index contributed by atoms with van der Waals surface area (Å²) < 4.78 is 10.5. The third-order valence-electron chi connectivity index (χ3n) is 2.64. The van der Waals surface area contributed by atoms with Crippen LogP contribution in [-0.2, 0) is 6.54 Å². The Morgan fingerprint density at radius 1 is 1.24 bits per heavy atom. The van der Waals surface area contributed by atoms with Crippen LogP contribution in [0.25, 0.3) is 0 Å². The van der Waals surface area contributed by atoms with Gasteiger partial charge in [0, 0.05) is 6.54 Å². The number of hydrogen-bond donors (Lipinski definition) is 2. The Labute approximate surface area is 102 Å². The lowest BCUT2D eigenvalue weighted by Crippen LogP contribution is -2.35. The Bertz CT molecular complexity index is 369. The summed E-state index contributed by atoms with van der Waals surface area (Å²) in [5.74, 6) is 6.80. The fourth-order valence-electron chi connectivity index (χ4n) is 1.70. The number of hydrazine groups is 1. The first-order valence-corrected chi connectivity index (χ1v) is 5.45. The van der Waals surface area contributed by atoms with Gasteiger partial charge in [-0.15, -0.1) is 0 Å². The zero-order valence-electron chi connectivity index (χ0n) is 10.9. The van der Waals surface area contributed by atoms with Crippen LogP contribution in [0.1, 0.15) is 11.1 Å². The van der Waals surface area contributed by atoms with E-state index in [1.807, 2.05) is 19.2 Å². The maximum atomic E-state index is 5.29. The van der Waals surface area contributed by atoms with Gasteiger partial charge in [0.2, 0.25) is 0 Å². The molecular formula is C12H21N3O2. The molecule has 5 heteroatoms. The normalized spacial score (nSPS) is 10.7. The molecule has 0 saturated heterocycles. The van der Waals surface area contributed by atoms with Crippen molar-refractivity contribution in [3.8, 4) is 11.5 Å². The van der Waals surface area contributed by atoms with Gasteiger partial charge in [-0.05, 0) is 37.2 Å². The summed E-state index contributed by atoms with van der Waals surface area (Å²) in [5, 5.41) is 0. The van der Waals surface area contributed by atoms with Crippen molar-refractivity contribution < 1.29 is 9.47 Å². The van der Waals surface area contributed by atoms with E-state index in [9.17, 15) is 0 Å². The summed E-state index contributed by atoms with van der Waals surface area (Å²) in [4.78, 5) is 2.08. The Morgan fingerprint density at radius 2 is 1.82 bits per heavy atom. The molecule has 5 nitrogen and oxygen atoms in total. The average Bonchev–Trinajstić information content (AvgIpc) is 2.31. The van der Waals surface area contributed by atoms with Crippen LogP contribution in [0.3, 0.4) is 0 Å². The molecule has 0 bridgehead atoms. The number of nitrogens with zero attached hydrogens (tertiary/aromatic N) is 1. The highest BCUT2D eigenvalue weighted by molar-refractivity contribution is 5.46. The number of benzene rings is 1. The SMILES string of the molecule is COc1cc(C)c(CN(C)CNN)cc1OC. The molecule has 0 aliphatic heterocycles. The highest BCUT2D eigenvalue weighted by atomic mass is 16.5. The van der Waals surface area contributed by atoms with Crippen molar-refractivity contribution >= 4 is 0 Å². The Kier molecular flexibility index (Phi) is 5.21. The molecule has 0 fully saturated rings. The number of nitrogens with two attached hydrogens (primary N) is 1. The van der Waals surface area contributed by atoms with Crippen LogP contribution in [0.2, 0.25) is 0 Å². The van der Waals surface area contributed by atoms with Gasteiger partial charge in [0.05, 0.1) is 20.9 Å². The molecule has 1 aromatic carbocycles. The fourth-order valence-corrected chi connectivity index (χ4v) is 1.70. The van der Waals surface area contributed by atoms with Crippen LogP contribution in [0.4, 0.5) is 0 Å². The zero-order valence-corrected chi connectivity index (χ0v) is 10.9. The third-order valence-corrected chi connectivity index (χ3v) is 2.64. The predicted octanol–water partition coefficient (Wildman–Crippen LogP) is 0.865. The van der Waals surface area contributed by atoms with E-state index in [0.717, 1.165) is 18.0 Å². The second-order valence-corrected chi connectivity index (χ2v) is 4.01. The molecule has 0 aromatic heterocycles. The van der Waals surface area contributed by atoms with Crippen molar-refractivity contribution in [1.29, 1.82) is 0 Å². The lowest BCUT2D eigenvalue weighted by molar-refractivity contribution is 0.299. The van der Waals surface area contributed by atoms with E-state index < -0.39 is 0 Å². The molecule has 0 unspecified atom stereocenters. The lowest BCUT2D eigenvalue weighted by atomic mass is 10.1. The topological polar surface area (TPSA) is 59.8 Å². The number of aryl methyl sites for hydroxylation is 1. The van der Waals surface area contributed by atoms with Crippen molar-refractivity contribution in [3.63, 3.8) is 0 Å². The molecule has 0 aliphatic rings. The minimum Gasteiger partial charge on any atom is -0.493 e. The van der Waals surface area contributed by atoms with Gasteiger partial charge in [0.1, 0.15) is 0 Å². The van der Waals surface area contributed by atoms with E-state index in [4.69, 9.17) is 15.3 Å². The van der Waals surface area contributed by atoms with E-state index >= 15 is 0 Å². The van der Waals surface area contributed by atoms with E-state index in [-0.39, 0.29) is 0 Å². The first-order valence-electron chi connectivity index (χ1n) is 5.45. The molecule has 0 radical (unpaired) electrons. The summed E-state index contributed by atoms with van der Waals surface area (Å²) in [5.41, 5.74) is 5.00. The van der Waals surface area contributed by atoms with Gasteiger partial charge in [0.15, 0.2) is 11.5 Å². The highest BCUT2D eigenvalue weighted by Crippen LogP contribution is 2.30. The van der Waals surface area contributed by atoms with Crippen LogP contribution in [-0.4, -0.2) is 32.8 Å². The maximum Gasteiger partial charge on any atom is 0.161 e.